The highest BCUT2D eigenvalue weighted by Gasteiger charge is 2.25. The Morgan fingerprint density at radius 2 is 1.29 bits per heavy atom. The molecular weight excluding hydrogens is 833 g/mol. The van der Waals surface area contributed by atoms with Crippen LogP contribution in [0.2, 0.25) is 0 Å². The summed E-state index contributed by atoms with van der Waals surface area (Å²) in [6.07, 6.45) is 9.50. The quantitative estimate of drug-likeness (QED) is 0.0497. The fraction of sp³-hybridized carbons (Fsp3) is 0.366. The third kappa shape index (κ3) is 13.2. The minimum Gasteiger partial charge on any atom is -0.371 e. The van der Waals surface area contributed by atoms with E-state index in [0.29, 0.717) is 64.9 Å². The monoisotopic (exact) mass is 882 g/mol. The second-order valence-corrected chi connectivity index (χ2v) is 18.3. The predicted molar refractivity (Wildman–Crippen MR) is 240 cm³/mol. The molecule has 0 aliphatic heterocycles. The van der Waals surface area contributed by atoms with Crippen LogP contribution in [-0.4, -0.2) is 77.0 Å². The fourth-order valence-electron chi connectivity index (χ4n) is 5.90. The van der Waals surface area contributed by atoms with Crippen molar-refractivity contribution in [1.29, 1.82) is 0 Å². The van der Waals surface area contributed by atoms with Crippen molar-refractivity contribution in [3.8, 4) is 0 Å². The van der Waals surface area contributed by atoms with Gasteiger partial charge in [0.25, 0.3) is 5.91 Å². The van der Waals surface area contributed by atoms with Crippen LogP contribution in [0.5, 0.6) is 0 Å². The van der Waals surface area contributed by atoms with Crippen LogP contribution < -0.4 is 31.9 Å². The SMILES string of the molecule is CC(=O)Nc1cc(CCc2cnc(NC(=O)Nc3cc(C(C)(C)COCC(=O)Nc4cc(CCc5cnc(NC(=O)Nc6cc(C(C)(C)C)nn6C)s5)ccn4)[nH]n3)s2)ccn1. The number of anilines is 6. The zero-order chi connectivity index (χ0) is 44.4. The lowest BCUT2D eigenvalue weighted by molar-refractivity contribution is -0.121. The molecule has 0 radical (unpaired) electrons. The Hall–Kier alpha value is -6.58. The molecule has 6 aromatic rings. The van der Waals surface area contributed by atoms with Crippen LogP contribution in [0.4, 0.5) is 43.1 Å². The Morgan fingerprint density at radius 3 is 1.85 bits per heavy atom. The van der Waals surface area contributed by atoms with E-state index >= 15 is 0 Å². The van der Waals surface area contributed by atoms with Crippen LogP contribution in [0.1, 0.15) is 73.8 Å². The van der Waals surface area contributed by atoms with Gasteiger partial charge in [0.1, 0.15) is 24.1 Å². The molecule has 0 unspecified atom stereocenters. The van der Waals surface area contributed by atoms with Gasteiger partial charge in [0.2, 0.25) is 5.91 Å². The van der Waals surface area contributed by atoms with Gasteiger partial charge in [-0.1, -0.05) is 34.6 Å². The van der Waals surface area contributed by atoms with E-state index in [9.17, 15) is 19.2 Å². The Bertz CT molecular complexity index is 2520. The van der Waals surface area contributed by atoms with Gasteiger partial charge in [-0.15, -0.1) is 22.7 Å². The average molecular weight is 883 g/mol. The zero-order valence-electron chi connectivity index (χ0n) is 35.5. The minimum absolute atomic E-state index is 0.145. The lowest BCUT2D eigenvalue weighted by Crippen LogP contribution is -2.28. The first-order chi connectivity index (χ1) is 29.5. The third-order valence-electron chi connectivity index (χ3n) is 9.22. The molecule has 0 aromatic carbocycles. The maximum atomic E-state index is 12.8. The molecule has 0 saturated heterocycles. The van der Waals surface area contributed by atoms with E-state index in [2.05, 4.69) is 87.9 Å². The summed E-state index contributed by atoms with van der Waals surface area (Å²) in [6, 6.07) is 10.1. The molecule has 19 nitrogen and oxygen atoms in total. The Labute approximate surface area is 366 Å². The van der Waals surface area contributed by atoms with E-state index in [4.69, 9.17) is 4.74 Å². The van der Waals surface area contributed by atoms with Crippen LogP contribution >= 0.6 is 22.7 Å². The van der Waals surface area contributed by atoms with Crippen LogP contribution in [0, 0.1) is 0 Å². The first-order valence-electron chi connectivity index (χ1n) is 19.7. The molecular formula is C41H50N14O5S2. The van der Waals surface area contributed by atoms with Crippen LogP contribution in [0.3, 0.4) is 0 Å². The van der Waals surface area contributed by atoms with Gasteiger partial charge < -0.3 is 15.4 Å². The Morgan fingerprint density at radius 1 is 0.710 bits per heavy atom. The highest BCUT2D eigenvalue weighted by Crippen LogP contribution is 2.26. The first-order valence-corrected chi connectivity index (χ1v) is 21.3. The summed E-state index contributed by atoms with van der Waals surface area (Å²) in [5, 5.41) is 29.1. The van der Waals surface area contributed by atoms with Crippen LogP contribution in [-0.2, 0) is 57.9 Å². The predicted octanol–water partition coefficient (Wildman–Crippen LogP) is 6.89. The Kier molecular flexibility index (Phi) is 14.4. The van der Waals surface area contributed by atoms with Crippen molar-refractivity contribution in [1.82, 2.24) is 39.9 Å². The normalized spacial score (nSPS) is 11.5. The zero-order valence-corrected chi connectivity index (χ0v) is 37.1. The minimum atomic E-state index is -0.574. The lowest BCUT2D eigenvalue weighted by Gasteiger charge is -2.22. The van der Waals surface area contributed by atoms with Crippen molar-refractivity contribution in [2.75, 3.05) is 45.1 Å². The molecule has 0 bridgehead atoms. The average Bonchev–Trinajstić information content (AvgIpc) is 4.02. The first kappa shape index (κ1) is 45.0. The number of carbonyl (C=O) groups excluding carboxylic acids is 4. The summed E-state index contributed by atoms with van der Waals surface area (Å²) < 4.78 is 7.42. The van der Waals surface area contributed by atoms with E-state index in [1.165, 1.54) is 29.6 Å². The van der Waals surface area contributed by atoms with E-state index in [1.807, 2.05) is 44.2 Å². The number of rotatable bonds is 17. The number of hydrogen-bond acceptors (Lipinski definition) is 13. The largest absolute Gasteiger partial charge is 0.371 e. The number of amides is 6. The number of aryl methyl sites for hydroxylation is 5. The number of carbonyl (C=O) groups is 4. The van der Waals surface area contributed by atoms with Gasteiger partial charge in [-0.05, 0) is 61.1 Å². The summed E-state index contributed by atoms with van der Waals surface area (Å²) >= 11 is 2.76. The molecule has 7 N–H and O–H groups in total. The number of pyridine rings is 2. The van der Waals surface area contributed by atoms with E-state index in [0.717, 1.165) is 26.6 Å². The number of nitrogens with one attached hydrogen (secondary N) is 7. The number of hydrogen-bond donors (Lipinski definition) is 7. The topological polar surface area (TPSA) is 248 Å². The molecule has 0 saturated carbocycles. The molecule has 0 fully saturated rings. The lowest BCUT2D eigenvalue weighted by atomic mass is 9.90. The smallest absolute Gasteiger partial charge is 0.326 e. The van der Waals surface area contributed by atoms with Crippen molar-refractivity contribution in [3.05, 3.63) is 93.5 Å². The summed E-state index contributed by atoms with van der Waals surface area (Å²) in [4.78, 5) is 68.6. The number of H-pyrrole nitrogens is 1. The van der Waals surface area contributed by atoms with Crippen LogP contribution in [0.15, 0.2) is 61.2 Å². The van der Waals surface area contributed by atoms with Gasteiger partial charge in [-0.25, -0.2) is 29.5 Å². The van der Waals surface area contributed by atoms with Crippen molar-refractivity contribution in [3.63, 3.8) is 0 Å². The summed E-state index contributed by atoms with van der Waals surface area (Å²) in [5.74, 6) is 1.26. The maximum Gasteiger partial charge on any atom is 0.326 e. The summed E-state index contributed by atoms with van der Waals surface area (Å²) in [7, 11) is 1.78. The summed E-state index contributed by atoms with van der Waals surface area (Å²) in [5.41, 5.74) is 2.83. The molecule has 0 spiro atoms. The fourth-order valence-corrected chi connectivity index (χ4v) is 7.52. The van der Waals surface area contributed by atoms with Gasteiger partial charge in [-0.3, -0.25) is 40.6 Å². The molecule has 0 atom stereocenters. The molecule has 6 aromatic heterocycles. The Balaban J connectivity index is 0.892. The molecule has 326 valence electrons. The molecule has 6 rings (SSSR count). The van der Waals surface area contributed by atoms with Crippen molar-refractivity contribution in [2.24, 2.45) is 7.05 Å². The van der Waals surface area contributed by atoms with Gasteiger partial charge in [0, 0.05) is 77.2 Å². The molecule has 0 aliphatic carbocycles. The second-order valence-electron chi connectivity index (χ2n) is 16.1. The van der Waals surface area contributed by atoms with E-state index in [-0.39, 0.29) is 30.4 Å². The molecule has 62 heavy (non-hydrogen) atoms. The number of thiazole rings is 2. The van der Waals surface area contributed by atoms with Crippen molar-refractivity contribution in [2.45, 2.75) is 78.1 Å². The number of aromatic nitrogens is 8. The van der Waals surface area contributed by atoms with Gasteiger partial charge in [0.15, 0.2) is 16.1 Å². The highest BCUT2D eigenvalue weighted by atomic mass is 32.1. The molecule has 6 amide bonds. The van der Waals surface area contributed by atoms with Crippen molar-refractivity contribution >= 4 is 80.1 Å². The van der Waals surface area contributed by atoms with E-state index in [1.54, 1.807) is 42.6 Å². The number of urea groups is 2. The van der Waals surface area contributed by atoms with Gasteiger partial charge in [0.05, 0.1) is 12.3 Å². The molecule has 21 heteroatoms. The standard InChI is InChI=1S/C41H50N14O5S2/c1-24(56)46-31-16-25(12-14-42-31)8-10-27-20-44-38(61-27)50-36(58)48-33-18-30(52-53-33)41(5,6)23-60-22-35(57)47-32-17-26(13-15-43-32)9-11-28-21-45-39(62-28)51-37(59)49-34-19-29(40(2,3)4)54-55(34)7/h12-21H,8-11,22-23H2,1-7H3,(H,42,46,56)(H,43,47,57)(H2,45,49,51,59)(H3,44,48,50,52,53,58). The van der Waals surface area contributed by atoms with E-state index < -0.39 is 17.5 Å². The highest BCUT2D eigenvalue weighted by molar-refractivity contribution is 7.16. The summed E-state index contributed by atoms with van der Waals surface area (Å²) in [6.45, 7) is 11.5. The number of nitrogens with zero attached hydrogens (tertiary/aromatic N) is 7. The van der Waals surface area contributed by atoms with Crippen LogP contribution in [0.25, 0.3) is 0 Å². The van der Waals surface area contributed by atoms with Gasteiger partial charge >= 0.3 is 12.1 Å². The van der Waals surface area contributed by atoms with Gasteiger partial charge in [-0.2, -0.15) is 10.2 Å². The molecule has 6 heterocycles. The maximum absolute atomic E-state index is 12.8. The molecule has 0 aliphatic rings. The van der Waals surface area contributed by atoms with Crippen molar-refractivity contribution < 1.29 is 23.9 Å². The number of aromatic amines is 1. The third-order valence-corrected chi connectivity index (χ3v) is 11.2. The second kappa shape index (κ2) is 19.9. The number of ether oxygens (including phenoxy) is 1.